The van der Waals surface area contributed by atoms with Gasteiger partial charge in [-0.2, -0.15) is 5.26 Å². The van der Waals surface area contributed by atoms with Gasteiger partial charge in [-0.05, 0) is 337 Å². The van der Waals surface area contributed by atoms with E-state index in [2.05, 4.69) is 61.5 Å². The van der Waals surface area contributed by atoms with E-state index in [1.807, 2.05) is 66.7 Å². The number of hydrogen-bond donors (Lipinski definition) is 2. The molecule has 13 fully saturated rings. The molecule has 5 aromatic carbocycles. The molecule has 2 N–H and O–H groups in total. The van der Waals surface area contributed by atoms with Crippen molar-refractivity contribution in [1.29, 1.82) is 5.26 Å². The smallest absolute Gasteiger partial charge is 0.126 e. The molecule has 7 aliphatic heterocycles. The number of rotatable bonds is 13. The van der Waals surface area contributed by atoms with Crippen molar-refractivity contribution in [2.45, 2.75) is 283 Å². The van der Waals surface area contributed by atoms with Gasteiger partial charge in [-0.3, -0.25) is 0 Å². The van der Waals surface area contributed by atoms with E-state index in [0.29, 0.717) is 40.9 Å². The number of aryl methyl sites for hydroxylation is 1. The lowest BCUT2D eigenvalue weighted by Crippen LogP contribution is -2.48. The Morgan fingerprint density at radius 2 is 0.930 bits per heavy atom. The van der Waals surface area contributed by atoms with Crippen LogP contribution in [0, 0.1) is 65.4 Å². The first-order valence-corrected chi connectivity index (χ1v) is 45.9. The third kappa shape index (κ3) is 21.7. The molecular formula is C99H137ClF2N6O7. The SMILES string of the molecule is COc1ccc(C#CC2(O)CCCCC2)cc1C1CCN([C@@H]2C[C@H]3CCC2C3)CC1.COc1ccc(Cl)cc1C1(O)CCN(C2CCCCCC2)CC1.COc1ccccc1C1(C#N)CCN(C2CCOCC2)CC1.Cc1ccc(F)cc1C1CCN([C@@H]2C[C@H]3CCC2C3)CC1.Fc1ccccc1C1CCN(C2CCOCC2)CC1. The van der Waals surface area contributed by atoms with E-state index >= 15 is 0 Å². The summed E-state index contributed by atoms with van der Waals surface area (Å²) < 4.78 is 54.8. The van der Waals surface area contributed by atoms with E-state index in [0.717, 1.165) is 231 Å². The minimum Gasteiger partial charge on any atom is -0.496 e. The van der Waals surface area contributed by atoms with E-state index in [1.165, 1.54) is 165 Å². The maximum absolute atomic E-state index is 13.8. The Balaban J connectivity index is 0.000000120. The Kier molecular flexibility index (Phi) is 30.6. The fourth-order valence-electron chi connectivity index (χ4n) is 23.5. The molecule has 6 saturated carbocycles. The summed E-state index contributed by atoms with van der Waals surface area (Å²) in [5.41, 5.74) is 5.62. The number of nitrogens with zero attached hydrogens (tertiary/aromatic N) is 6. The zero-order valence-electron chi connectivity index (χ0n) is 70.2. The van der Waals surface area contributed by atoms with Crippen molar-refractivity contribution >= 4 is 11.6 Å². The summed E-state index contributed by atoms with van der Waals surface area (Å²) >= 11 is 6.15. The predicted octanol–water partition coefficient (Wildman–Crippen LogP) is 19.9. The summed E-state index contributed by atoms with van der Waals surface area (Å²) in [5.74, 6) is 14.5. The Hall–Kier alpha value is -5.66. The van der Waals surface area contributed by atoms with Crippen molar-refractivity contribution < 1.29 is 42.7 Å². The monoisotopic (exact) mass is 1600 g/mol. The summed E-state index contributed by atoms with van der Waals surface area (Å²) in [6.07, 6.45) is 39.7. The fraction of sp³-hybridized carbons (Fsp3) is 0.667. The van der Waals surface area contributed by atoms with E-state index in [1.54, 1.807) is 45.6 Å². The van der Waals surface area contributed by atoms with Crippen molar-refractivity contribution in [3.05, 3.63) is 159 Å². The highest BCUT2D eigenvalue weighted by atomic mass is 35.5. The van der Waals surface area contributed by atoms with Crippen LogP contribution in [0.2, 0.25) is 5.02 Å². The first-order valence-electron chi connectivity index (χ1n) is 45.5. The fourth-order valence-corrected chi connectivity index (χ4v) is 23.6. The standard InChI is InChI=1S/C27H37NO2.C19H28ClNO2.C19H26FN.C18H24N2O2.C16H22FNO/c1-30-26-8-6-20(9-14-27(29)12-3-2-4-13-27)18-24(26)22-10-15-28(16-11-22)25-19-21-5-7-23(25)17-21;1-23-18-9-8-15(20)14-17(18)19(22)10-12-21(13-11-19)16-6-4-2-3-5-7-16;1-13-2-5-17(20)12-18(13)15-6-8-21(9-7-15)19-11-14-3-4-16(19)10-14;1-21-17-5-3-2-4-16(17)18(14-19)8-10-20(11-9-18)15-6-12-22-13-7-15;17-16-4-2-1-3-15(16)13-5-9-18(10-6-13)14-7-11-19-12-8-14/h6,8,18,21-23,25,29H,2-5,7,10-13,15-17,19H2,1H3;8-9,14,16,22H,2-7,10-13H2,1H3;2,5,12,14-16,19H,3-4,6-11H2,1H3;2-5,15H,6-13H2,1H3;1-4,13-14H,5-12H2/t21-,23?,25+;;14-,16?,19+;;/m0.0../s1. The van der Waals surface area contributed by atoms with E-state index in [4.69, 9.17) is 35.3 Å². The van der Waals surface area contributed by atoms with Crippen LogP contribution in [-0.4, -0.2) is 184 Å². The Morgan fingerprint density at radius 3 is 1.47 bits per heavy atom. The molecule has 0 aromatic heterocycles. The number of halogens is 3. The van der Waals surface area contributed by atoms with Gasteiger partial charge in [0.05, 0.1) is 38.4 Å². The highest BCUT2D eigenvalue weighted by molar-refractivity contribution is 6.30. The summed E-state index contributed by atoms with van der Waals surface area (Å²) in [5, 5.41) is 32.4. The van der Waals surface area contributed by atoms with Crippen molar-refractivity contribution in [2.75, 3.05) is 113 Å². The average Bonchev–Trinajstić information content (AvgIpc) is 1.78. The number of aliphatic hydroxyl groups is 2. The second-order valence-electron chi connectivity index (χ2n) is 36.9. The van der Waals surface area contributed by atoms with E-state index in [9.17, 15) is 24.3 Å². The molecular weight excluding hydrogens is 1460 g/mol. The molecule has 7 heterocycles. The highest BCUT2D eigenvalue weighted by Gasteiger charge is 2.46. The number of fused-ring (bicyclic) bond motifs is 4. The second-order valence-corrected chi connectivity index (χ2v) is 37.3. The van der Waals surface area contributed by atoms with Crippen LogP contribution >= 0.6 is 11.6 Å². The van der Waals surface area contributed by atoms with Crippen LogP contribution in [-0.2, 0) is 20.5 Å². The number of para-hydroxylation sites is 1. The first-order chi connectivity index (χ1) is 56.1. The van der Waals surface area contributed by atoms with Crippen molar-refractivity contribution in [2.24, 2.45) is 23.7 Å². The Morgan fingerprint density at radius 1 is 0.443 bits per heavy atom. The van der Waals surface area contributed by atoms with Crippen molar-refractivity contribution in [3.8, 4) is 35.2 Å². The minimum atomic E-state index is -0.822. The van der Waals surface area contributed by atoms with Gasteiger partial charge in [0, 0.05) is 105 Å². The molecule has 0 radical (unpaired) electrons. The number of hydrogen-bond acceptors (Lipinski definition) is 13. The molecule has 13 nitrogen and oxygen atoms in total. The van der Waals surface area contributed by atoms with Crippen LogP contribution in [0.25, 0.3) is 0 Å². The molecule has 7 saturated heterocycles. The van der Waals surface area contributed by atoms with Gasteiger partial charge in [0.1, 0.15) is 34.5 Å². The van der Waals surface area contributed by atoms with Crippen LogP contribution < -0.4 is 14.2 Å². The average molecular weight is 1600 g/mol. The molecule has 5 aromatic rings. The van der Waals surface area contributed by atoms with Crippen LogP contribution in [0.4, 0.5) is 8.78 Å². The number of nitriles is 1. The summed E-state index contributed by atoms with van der Waals surface area (Å²) in [7, 11) is 5.11. The summed E-state index contributed by atoms with van der Waals surface area (Å²) in [6.45, 7) is 16.6. The third-order valence-corrected chi connectivity index (χ3v) is 30.5. The Labute approximate surface area is 694 Å². The van der Waals surface area contributed by atoms with Gasteiger partial charge in [-0.1, -0.05) is 111 Å². The van der Waals surface area contributed by atoms with Gasteiger partial charge in [-0.15, -0.1) is 0 Å². The van der Waals surface area contributed by atoms with Gasteiger partial charge in [0.2, 0.25) is 0 Å². The molecule has 13 aliphatic rings. The number of piperidine rings is 5. The lowest BCUT2D eigenvalue weighted by molar-refractivity contribution is -0.0384. The van der Waals surface area contributed by atoms with Crippen LogP contribution in [0.1, 0.15) is 269 Å². The molecule has 4 bridgehead atoms. The number of benzene rings is 5. The largest absolute Gasteiger partial charge is 0.496 e. The molecule has 2 unspecified atom stereocenters. The number of ether oxygens (including phenoxy) is 5. The Bertz CT molecular complexity index is 3970. The van der Waals surface area contributed by atoms with Gasteiger partial charge in [0.15, 0.2) is 0 Å². The molecule has 6 aliphatic carbocycles. The molecule has 115 heavy (non-hydrogen) atoms. The zero-order chi connectivity index (χ0) is 79.7. The van der Waals surface area contributed by atoms with Gasteiger partial charge in [0.25, 0.3) is 0 Å². The quantitative estimate of drug-likeness (QED) is 0.0859. The number of likely N-dealkylation sites (tertiary alicyclic amines) is 5. The lowest BCUT2D eigenvalue weighted by Gasteiger charge is -2.42. The molecule has 0 spiro atoms. The second kappa shape index (κ2) is 41.1. The normalized spacial score (nSPS) is 27.3. The highest BCUT2D eigenvalue weighted by Crippen LogP contribution is 2.51. The summed E-state index contributed by atoms with van der Waals surface area (Å²) in [6, 6.07) is 38.8. The van der Waals surface area contributed by atoms with E-state index in [-0.39, 0.29) is 11.6 Å². The molecule has 16 heteroatoms. The van der Waals surface area contributed by atoms with E-state index < -0.39 is 16.6 Å². The molecule has 18 rings (SSSR count). The molecule has 0 amide bonds. The third-order valence-electron chi connectivity index (χ3n) is 30.3. The predicted molar refractivity (Wildman–Crippen MR) is 458 cm³/mol. The van der Waals surface area contributed by atoms with Crippen LogP contribution in [0.3, 0.4) is 0 Å². The van der Waals surface area contributed by atoms with Crippen molar-refractivity contribution in [1.82, 2.24) is 24.5 Å². The first kappa shape index (κ1) is 85.7. The summed E-state index contributed by atoms with van der Waals surface area (Å²) in [4.78, 5) is 13.3. The van der Waals surface area contributed by atoms with Gasteiger partial charge >= 0.3 is 0 Å². The topological polar surface area (TPSA) is 127 Å². The number of methoxy groups -OCH3 is 3. The maximum atomic E-state index is 13.8. The van der Waals surface area contributed by atoms with Crippen LogP contribution in [0.15, 0.2) is 103 Å². The minimum absolute atomic E-state index is 0.0352. The molecule has 626 valence electrons. The maximum Gasteiger partial charge on any atom is 0.126 e. The van der Waals surface area contributed by atoms with Crippen molar-refractivity contribution in [3.63, 3.8) is 0 Å². The van der Waals surface area contributed by atoms with Crippen LogP contribution in [0.5, 0.6) is 17.2 Å². The zero-order valence-corrected chi connectivity index (χ0v) is 71.0. The lowest BCUT2D eigenvalue weighted by atomic mass is 9.73. The van der Waals surface area contributed by atoms with Gasteiger partial charge < -0.3 is 58.4 Å². The molecule has 6 atom stereocenters. The van der Waals surface area contributed by atoms with Gasteiger partial charge in [-0.25, -0.2) is 8.78 Å².